The molecule has 0 N–H and O–H groups in total. The van der Waals surface area contributed by atoms with Gasteiger partial charge in [-0.25, -0.2) is 0 Å². The zero-order valence-electron chi connectivity index (χ0n) is 10.9. The van der Waals surface area contributed by atoms with Crippen LogP contribution in [0.5, 0.6) is 5.75 Å². The van der Waals surface area contributed by atoms with E-state index in [9.17, 15) is 0 Å². The Morgan fingerprint density at radius 3 is 2.50 bits per heavy atom. The first-order valence-electron chi connectivity index (χ1n) is 6.25. The molecule has 1 rings (SSSR count). The fourth-order valence-electron chi connectivity index (χ4n) is 1.60. The Labute approximate surface area is 119 Å². The first kappa shape index (κ1) is 15.2. The number of rotatable bonds is 5. The number of hydrogen-bond acceptors (Lipinski definition) is 1. The molecule has 0 aliphatic rings. The lowest BCUT2D eigenvalue weighted by Gasteiger charge is -2.11. The second-order valence-electron chi connectivity index (χ2n) is 3.91. The van der Waals surface area contributed by atoms with Crippen LogP contribution in [0.2, 0.25) is 10.0 Å². The molecule has 0 aromatic heterocycles. The molecule has 0 heterocycles. The van der Waals surface area contributed by atoms with Gasteiger partial charge in [0.05, 0.1) is 11.6 Å². The number of unbranched alkanes of at least 4 members (excludes halogenated alkanes) is 1. The van der Waals surface area contributed by atoms with E-state index < -0.39 is 0 Å². The lowest BCUT2D eigenvalue weighted by atomic mass is 10.1. The van der Waals surface area contributed by atoms with Gasteiger partial charge in [-0.1, -0.05) is 30.1 Å². The van der Waals surface area contributed by atoms with Crippen LogP contribution in [0, 0.1) is 11.8 Å². The van der Waals surface area contributed by atoms with Crippen molar-refractivity contribution in [1.29, 1.82) is 0 Å². The zero-order chi connectivity index (χ0) is 13.4. The largest absolute Gasteiger partial charge is 0.492 e. The predicted octanol–water partition coefficient (Wildman–Crippen LogP) is 5.13. The minimum Gasteiger partial charge on any atom is -0.492 e. The number of aryl methyl sites for hydroxylation is 1. The summed E-state index contributed by atoms with van der Waals surface area (Å²) in [6.07, 6.45) is 3.66. The van der Waals surface area contributed by atoms with Crippen LogP contribution in [0.25, 0.3) is 0 Å². The van der Waals surface area contributed by atoms with Crippen LogP contribution in [0.3, 0.4) is 0 Å². The maximum atomic E-state index is 6.13. The van der Waals surface area contributed by atoms with Crippen LogP contribution in [0.15, 0.2) is 12.1 Å². The third-order valence-electron chi connectivity index (χ3n) is 2.39. The van der Waals surface area contributed by atoms with E-state index in [4.69, 9.17) is 27.9 Å². The van der Waals surface area contributed by atoms with Gasteiger partial charge in [-0.3, -0.25) is 0 Å². The van der Waals surface area contributed by atoms with E-state index in [0.717, 1.165) is 37.0 Å². The Bertz CT molecular complexity index is 444. The second kappa shape index (κ2) is 8.29. The van der Waals surface area contributed by atoms with Gasteiger partial charge in [-0.05, 0) is 37.5 Å². The molecule has 0 saturated heterocycles. The van der Waals surface area contributed by atoms with Gasteiger partial charge in [0.15, 0.2) is 0 Å². The number of halogens is 2. The highest BCUT2D eigenvalue weighted by Gasteiger charge is 2.09. The van der Waals surface area contributed by atoms with Crippen molar-refractivity contribution < 1.29 is 4.74 Å². The summed E-state index contributed by atoms with van der Waals surface area (Å²) < 4.78 is 5.56. The average molecular weight is 285 g/mol. The van der Waals surface area contributed by atoms with Crippen molar-refractivity contribution in [1.82, 2.24) is 0 Å². The average Bonchev–Trinajstić information content (AvgIpc) is 2.33. The molecule has 1 aromatic carbocycles. The van der Waals surface area contributed by atoms with Crippen molar-refractivity contribution in [3.63, 3.8) is 0 Å². The van der Waals surface area contributed by atoms with Crippen LogP contribution in [-0.4, -0.2) is 6.61 Å². The van der Waals surface area contributed by atoms with E-state index in [1.165, 1.54) is 0 Å². The Hall–Kier alpha value is -0.840. The van der Waals surface area contributed by atoms with E-state index in [1.807, 2.05) is 13.0 Å². The monoisotopic (exact) mass is 284 g/mol. The smallest absolute Gasteiger partial charge is 0.141 e. The molecule has 0 amide bonds. The molecule has 0 fully saturated rings. The first-order valence-corrected chi connectivity index (χ1v) is 7.01. The first-order chi connectivity index (χ1) is 8.69. The van der Waals surface area contributed by atoms with Gasteiger partial charge in [0.2, 0.25) is 0 Å². The van der Waals surface area contributed by atoms with Gasteiger partial charge in [-0.2, -0.15) is 0 Å². The van der Waals surface area contributed by atoms with E-state index in [-0.39, 0.29) is 0 Å². The molecular weight excluding hydrogens is 267 g/mol. The molecule has 18 heavy (non-hydrogen) atoms. The molecule has 98 valence electrons. The van der Waals surface area contributed by atoms with Crippen molar-refractivity contribution in [2.45, 2.75) is 39.5 Å². The summed E-state index contributed by atoms with van der Waals surface area (Å²) in [5, 5.41) is 1.21. The van der Waals surface area contributed by atoms with Crippen LogP contribution in [0.4, 0.5) is 0 Å². The van der Waals surface area contributed by atoms with Gasteiger partial charge in [0.1, 0.15) is 5.75 Å². The maximum absolute atomic E-state index is 6.13. The van der Waals surface area contributed by atoms with E-state index in [0.29, 0.717) is 16.7 Å². The van der Waals surface area contributed by atoms with Crippen LogP contribution in [0.1, 0.15) is 38.7 Å². The molecular formula is C15H18Cl2O. The number of benzene rings is 1. The van der Waals surface area contributed by atoms with Gasteiger partial charge in [-0.15, -0.1) is 11.8 Å². The van der Waals surface area contributed by atoms with E-state index in [2.05, 4.69) is 18.8 Å². The van der Waals surface area contributed by atoms with Crippen LogP contribution >= 0.6 is 23.2 Å². The van der Waals surface area contributed by atoms with E-state index in [1.54, 1.807) is 6.07 Å². The second-order valence-corrected chi connectivity index (χ2v) is 4.76. The Morgan fingerprint density at radius 1 is 1.11 bits per heavy atom. The van der Waals surface area contributed by atoms with Gasteiger partial charge >= 0.3 is 0 Å². The van der Waals surface area contributed by atoms with Crippen molar-refractivity contribution in [2.75, 3.05) is 6.61 Å². The van der Waals surface area contributed by atoms with Crippen molar-refractivity contribution in [3.05, 3.63) is 27.7 Å². The Morgan fingerprint density at radius 2 is 1.83 bits per heavy atom. The Kier molecular flexibility index (Phi) is 7.01. The van der Waals surface area contributed by atoms with Crippen LogP contribution in [-0.2, 0) is 6.42 Å². The molecule has 1 aromatic rings. The lowest BCUT2D eigenvalue weighted by molar-refractivity contribution is 0.337. The minimum absolute atomic E-state index is 0.570. The fraction of sp³-hybridized carbons (Fsp3) is 0.467. The molecule has 0 atom stereocenters. The molecule has 0 aliphatic heterocycles. The van der Waals surface area contributed by atoms with Gasteiger partial charge in [0, 0.05) is 17.9 Å². The molecule has 0 spiro atoms. The predicted molar refractivity (Wildman–Crippen MR) is 78.6 cm³/mol. The summed E-state index contributed by atoms with van der Waals surface area (Å²) >= 11 is 12.1. The minimum atomic E-state index is 0.570. The highest BCUT2D eigenvalue weighted by Crippen LogP contribution is 2.33. The lowest BCUT2D eigenvalue weighted by Crippen LogP contribution is -1.98. The molecule has 0 saturated carbocycles. The standard InChI is InChI=1S/C15H18Cl2O/c1-3-5-6-7-8-9-12-10-13(16)11-14(17)15(12)18-4-2/h10-11H,3-5,8-9H2,1-2H3. The summed E-state index contributed by atoms with van der Waals surface area (Å²) in [6, 6.07) is 3.61. The molecule has 1 nitrogen and oxygen atoms in total. The highest BCUT2D eigenvalue weighted by atomic mass is 35.5. The third kappa shape index (κ3) is 4.80. The number of hydrogen-bond donors (Lipinski definition) is 0. The summed E-state index contributed by atoms with van der Waals surface area (Å²) in [5.74, 6) is 7.02. The molecule has 0 radical (unpaired) electrons. The van der Waals surface area contributed by atoms with Gasteiger partial charge < -0.3 is 4.74 Å². The molecule has 0 aliphatic carbocycles. The SMILES string of the molecule is CCCC#CCCc1cc(Cl)cc(Cl)c1OCC. The fourth-order valence-corrected chi connectivity index (χ4v) is 2.19. The summed E-state index contributed by atoms with van der Waals surface area (Å²) in [6.45, 7) is 4.66. The van der Waals surface area contributed by atoms with Gasteiger partial charge in [0.25, 0.3) is 0 Å². The number of ether oxygens (including phenoxy) is 1. The van der Waals surface area contributed by atoms with Crippen LogP contribution < -0.4 is 4.74 Å². The highest BCUT2D eigenvalue weighted by molar-refractivity contribution is 6.35. The van der Waals surface area contributed by atoms with Crippen molar-refractivity contribution in [3.8, 4) is 17.6 Å². The van der Waals surface area contributed by atoms with Crippen molar-refractivity contribution in [2.24, 2.45) is 0 Å². The molecule has 0 unspecified atom stereocenters. The maximum Gasteiger partial charge on any atom is 0.141 e. The molecule has 3 heteroatoms. The molecule has 0 bridgehead atoms. The normalized spacial score (nSPS) is 9.78. The zero-order valence-corrected chi connectivity index (χ0v) is 12.4. The quantitative estimate of drug-likeness (QED) is 0.681. The third-order valence-corrected chi connectivity index (χ3v) is 2.89. The topological polar surface area (TPSA) is 9.23 Å². The van der Waals surface area contributed by atoms with E-state index >= 15 is 0 Å². The van der Waals surface area contributed by atoms with Crippen molar-refractivity contribution >= 4 is 23.2 Å². The summed E-state index contributed by atoms with van der Waals surface area (Å²) in [5.41, 5.74) is 1.03. The summed E-state index contributed by atoms with van der Waals surface area (Å²) in [7, 11) is 0. The summed E-state index contributed by atoms with van der Waals surface area (Å²) in [4.78, 5) is 0. The Balaban J connectivity index is 2.77.